The molecule has 1 aromatic rings. The molecule has 1 amide bonds. The van der Waals surface area contributed by atoms with Gasteiger partial charge in [-0.25, -0.2) is 4.79 Å². The third-order valence-electron chi connectivity index (χ3n) is 2.80. The number of benzene rings is 1. The molecule has 0 spiro atoms. The largest absolute Gasteiger partial charge is 0.478 e. The lowest BCUT2D eigenvalue weighted by atomic mass is 10.1. The van der Waals surface area contributed by atoms with E-state index in [1.807, 2.05) is 20.8 Å². The zero-order valence-electron chi connectivity index (χ0n) is 11.5. The molecule has 0 aromatic heterocycles. The number of carbonyl (C=O) groups is 2. The molecular weight excluding hydrogens is 244 g/mol. The maximum absolute atomic E-state index is 11.8. The standard InChI is InChI=1S/C14H20N2O3/c1-4-15-10(3)7-13(17)16-12-8-11(14(18)19)6-5-9(12)2/h5-6,8,10,15H,4,7H2,1-3H3,(H,16,17)(H,18,19). The van der Waals surface area contributed by atoms with E-state index in [0.29, 0.717) is 12.1 Å². The highest BCUT2D eigenvalue weighted by Gasteiger charge is 2.11. The number of nitrogens with one attached hydrogen (secondary N) is 2. The fraction of sp³-hybridized carbons (Fsp3) is 0.429. The first-order valence-electron chi connectivity index (χ1n) is 6.31. The molecule has 0 aliphatic carbocycles. The van der Waals surface area contributed by atoms with Gasteiger partial charge in [0.05, 0.1) is 5.56 Å². The minimum absolute atomic E-state index is 0.0907. The van der Waals surface area contributed by atoms with Gasteiger partial charge in [-0.15, -0.1) is 0 Å². The van der Waals surface area contributed by atoms with Crippen molar-refractivity contribution in [1.82, 2.24) is 5.32 Å². The number of amides is 1. The number of carboxylic acids is 1. The predicted octanol–water partition coefficient (Wildman–Crippen LogP) is 2.02. The lowest BCUT2D eigenvalue weighted by Gasteiger charge is -2.13. The molecule has 0 fully saturated rings. The molecule has 3 N–H and O–H groups in total. The van der Waals surface area contributed by atoms with Gasteiger partial charge < -0.3 is 15.7 Å². The summed E-state index contributed by atoms with van der Waals surface area (Å²) < 4.78 is 0. The second kappa shape index (κ2) is 6.89. The summed E-state index contributed by atoms with van der Waals surface area (Å²) in [5, 5.41) is 14.8. The Kier molecular flexibility index (Phi) is 5.51. The van der Waals surface area contributed by atoms with Crippen LogP contribution in [0.15, 0.2) is 18.2 Å². The molecule has 5 nitrogen and oxygen atoms in total. The Morgan fingerprint density at radius 2 is 2.05 bits per heavy atom. The van der Waals surface area contributed by atoms with Crippen molar-refractivity contribution >= 4 is 17.6 Å². The Bertz CT molecular complexity index is 472. The molecule has 0 saturated carbocycles. The average Bonchev–Trinajstić information content (AvgIpc) is 2.31. The van der Waals surface area contributed by atoms with E-state index in [1.54, 1.807) is 6.07 Å². The molecule has 0 heterocycles. The molecule has 5 heteroatoms. The third-order valence-corrected chi connectivity index (χ3v) is 2.80. The van der Waals surface area contributed by atoms with Gasteiger partial charge >= 0.3 is 5.97 Å². The second-order valence-corrected chi connectivity index (χ2v) is 4.55. The SMILES string of the molecule is CCNC(C)CC(=O)Nc1cc(C(=O)O)ccc1C. The van der Waals surface area contributed by atoms with E-state index < -0.39 is 5.97 Å². The van der Waals surface area contributed by atoms with Crippen LogP contribution in [0.3, 0.4) is 0 Å². The maximum atomic E-state index is 11.8. The monoisotopic (exact) mass is 264 g/mol. The molecule has 0 radical (unpaired) electrons. The minimum Gasteiger partial charge on any atom is -0.478 e. The van der Waals surface area contributed by atoms with Crippen LogP contribution in [0.4, 0.5) is 5.69 Å². The van der Waals surface area contributed by atoms with Crippen LogP contribution in [0.1, 0.15) is 36.2 Å². The van der Waals surface area contributed by atoms with Gasteiger partial charge in [-0.3, -0.25) is 4.79 Å². The van der Waals surface area contributed by atoms with Crippen LogP contribution in [0, 0.1) is 6.92 Å². The van der Waals surface area contributed by atoms with Crippen molar-refractivity contribution in [2.75, 3.05) is 11.9 Å². The molecule has 0 aliphatic heterocycles. The zero-order valence-corrected chi connectivity index (χ0v) is 11.5. The average molecular weight is 264 g/mol. The Labute approximate surface area is 113 Å². The van der Waals surface area contributed by atoms with Crippen LogP contribution in [-0.4, -0.2) is 29.6 Å². The van der Waals surface area contributed by atoms with Gasteiger partial charge in [-0.2, -0.15) is 0 Å². The van der Waals surface area contributed by atoms with Crippen molar-refractivity contribution in [3.8, 4) is 0 Å². The van der Waals surface area contributed by atoms with Gasteiger partial charge in [0, 0.05) is 18.2 Å². The number of hydrogen-bond donors (Lipinski definition) is 3. The second-order valence-electron chi connectivity index (χ2n) is 4.55. The number of aromatic carboxylic acids is 1. The highest BCUT2D eigenvalue weighted by atomic mass is 16.4. The number of anilines is 1. The first kappa shape index (κ1) is 15.2. The van der Waals surface area contributed by atoms with Crippen molar-refractivity contribution < 1.29 is 14.7 Å². The fourth-order valence-electron chi connectivity index (χ4n) is 1.79. The van der Waals surface area contributed by atoms with Crippen molar-refractivity contribution in [3.63, 3.8) is 0 Å². The number of rotatable bonds is 6. The molecule has 1 unspecified atom stereocenters. The zero-order chi connectivity index (χ0) is 14.4. The van der Waals surface area contributed by atoms with Crippen LogP contribution in [-0.2, 0) is 4.79 Å². The molecule has 104 valence electrons. The minimum atomic E-state index is -1.00. The van der Waals surface area contributed by atoms with E-state index in [4.69, 9.17) is 5.11 Å². The van der Waals surface area contributed by atoms with E-state index in [2.05, 4.69) is 10.6 Å². The number of carboxylic acid groups (broad SMARTS) is 1. The van der Waals surface area contributed by atoms with Crippen molar-refractivity contribution in [1.29, 1.82) is 0 Å². The smallest absolute Gasteiger partial charge is 0.335 e. The van der Waals surface area contributed by atoms with Gasteiger partial charge in [0.15, 0.2) is 0 Å². The Morgan fingerprint density at radius 1 is 1.37 bits per heavy atom. The lowest BCUT2D eigenvalue weighted by Crippen LogP contribution is -2.30. The van der Waals surface area contributed by atoms with Gasteiger partial charge in [0.2, 0.25) is 5.91 Å². The molecule has 0 aliphatic rings. The van der Waals surface area contributed by atoms with Crippen molar-refractivity contribution in [2.45, 2.75) is 33.2 Å². The highest BCUT2D eigenvalue weighted by molar-refractivity contribution is 5.94. The lowest BCUT2D eigenvalue weighted by molar-refractivity contribution is -0.116. The summed E-state index contributed by atoms with van der Waals surface area (Å²) >= 11 is 0. The van der Waals surface area contributed by atoms with E-state index in [9.17, 15) is 9.59 Å². The van der Waals surface area contributed by atoms with Crippen LogP contribution in [0.2, 0.25) is 0 Å². The third kappa shape index (κ3) is 4.71. The maximum Gasteiger partial charge on any atom is 0.335 e. The van der Waals surface area contributed by atoms with Crippen LogP contribution in [0.5, 0.6) is 0 Å². The van der Waals surface area contributed by atoms with Crippen LogP contribution >= 0.6 is 0 Å². The summed E-state index contributed by atoms with van der Waals surface area (Å²) in [5.41, 5.74) is 1.56. The van der Waals surface area contributed by atoms with Gasteiger partial charge in [-0.1, -0.05) is 13.0 Å². The van der Waals surface area contributed by atoms with E-state index in [1.165, 1.54) is 12.1 Å². The molecule has 0 bridgehead atoms. The Morgan fingerprint density at radius 3 is 2.63 bits per heavy atom. The normalized spacial score (nSPS) is 11.9. The van der Waals surface area contributed by atoms with E-state index in [-0.39, 0.29) is 17.5 Å². The highest BCUT2D eigenvalue weighted by Crippen LogP contribution is 2.17. The Hall–Kier alpha value is -1.88. The molecule has 1 rings (SSSR count). The summed E-state index contributed by atoms with van der Waals surface area (Å²) in [6.45, 7) is 6.55. The quantitative estimate of drug-likeness (QED) is 0.734. The predicted molar refractivity (Wildman–Crippen MR) is 74.5 cm³/mol. The number of aryl methyl sites for hydroxylation is 1. The van der Waals surface area contributed by atoms with E-state index >= 15 is 0 Å². The van der Waals surface area contributed by atoms with Gasteiger partial charge in [0.1, 0.15) is 0 Å². The molecule has 1 atom stereocenters. The summed E-state index contributed by atoms with van der Waals surface area (Å²) in [6, 6.07) is 4.78. The van der Waals surface area contributed by atoms with Crippen LogP contribution in [0.25, 0.3) is 0 Å². The topological polar surface area (TPSA) is 78.4 Å². The summed E-state index contributed by atoms with van der Waals surface area (Å²) in [5.74, 6) is -1.13. The van der Waals surface area contributed by atoms with Crippen molar-refractivity contribution in [3.05, 3.63) is 29.3 Å². The fourth-order valence-corrected chi connectivity index (χ4v) is 1.79. The molecule has 0 saturated heterocycles. The number of carbonyl (C=O) groups excluding carboxylic acids is 1. The molecule has 19 heavy (non-hydrogen) atoms. The summed E-state index contributed by atoms with van der Waals surface area (Å²) in [7, 11) is 0. The van der Waals surface area contributed by atoms with Crippen LogP contribution < -0.4 is 10.6 Å². The molecule has 1 aromatic carbocycles. The summed E-state index contributed by atoms with van der Waals surface area (Å²) in [6.07, 6.45) is 0.352. The summed E-state index contributed by atoms with van der Waals surface area (Å²) in [4.78, 5) is 22.7. The number of hydrogen-bond acceptors (Lipinski definition) is 3. The van der Waals surface area contributed by atoms with Gasteiger partial charge in [0.25, 0.3) is 0 Å². The van der Waals surface area contributed by atoms with E-state index in [0.717, 1.165) is 12.1 Å². The first-order chi connectivity index (χ1) is 8.93. The van der Waals surface area contributed by atoms with Gasteiger partial charge in [-0.05, 0) is 38.1 Å². The molecular formula is C14H20N2O3. The van der Waals surface area contributed by atoms with Crippen molar-refractivity contribution in [2.24, 2.45) is 0 Å². The Balaban J connectivity index is 2.73. The first-order valence-corrected chi connectivity index (χ1v) is 6.31.